The lowest BCUT2D eigenvalue weighted by molar-refractivity contribution is -0.126. The van der Waals surface area contributed by atoms with E-state index in [0.29, 0.717) is 18.2 Å². The Morgan fingerprint density at radius 2 is 1.90 bits per heavy atom. The molecule has 3 aromatic rings. The van der Waals surface area contributed by atoms with E-state index >= 15 is 0 Å². The Morgan fingerprint density at radius 3 is 2.65 bits per heavy atom. The lowest BCUT2D eigenvalue weighted by atomic mass is 10.2. The van der Waals surface area contributed by atoms with Crippen LogP contribution in [-0.2, 0) is 9.59 Å². The highest BCUT2D eigenvalue weighted by Gasteiger charge is 2.14. The molecule has 2 aromatic carbocycles. The molecule has 0 spiro atoms. The molecule has 0 aliphatic rings. The fourth-order valence-corrected chi connectivity index (χ4v) is 4.02. The van der Waals surface area contributed by atoms with Crippen LogP contribution in [0.5, 0.6) is 0 Å². The third-order valence-corrected chi connectivity index (χ3v) is 5.76. The molecule has 1 heterocycles. The minimum atomic E-state index is -0.196. The first-order chi connectivity index (χ1) is 15.0. The Kier molecular flexibility index (Phi) is 8.49. The van der Waals surface area contributed by atoms with E-state index in [1.54, 1.807) is 17.1 Å². The van der Waals surface area contributed by atoms with Crippen LogP contribution in [0.3, 0.4) is 0 Å². The van der Waals surface area contributed by atoms with Crippen LogP contribution in [0, 0.1) is 0 Å². The third-order valence-electron chi connectivity index (χ3n) is 4.37. The predicted octanol–water partition coefficient (Wildman–Crippen LogP) is 5.25. The first kappa shape index (κ1) is 22.8. The molecule has 31 heavy (non-hydrogen) atoms. The van der Waals surface area contributed by atoms with Crippen molar-refractivity contribution in [3.8, 4) is 10.6 Å². The topological polar surface area (TPSA) is 75.2 Å². The van der Waals surface area contributed by atoms with Gasteiger partial charge in [0.15, 0.2) is 0 Å². The Bertz CT molecular complexity index is 1050. The molecule has 0 fully saturated rings. The van der Waals surface area contributed by atoms with E-state index < -0.39 is 0 Å². The van der Waals surface area contributed by atoms with Gasteiger partial charge in [0.25, 0.3) is 0 Å². The number of amides is 2. The highest BCUT2D eigenvalue weighted by atomic mass is 79.9. The number of aromatic nitrogens is 2. The van der Waals surface area contributed by atoms with Crippen molar-refractivity contribution in [2.45, 2.75) is 19.8 Å². The van der Waals surface area contributed by atoms with Gasteiger partial charge in [-0.2, -0.15) is 0 Å². The first-order valence-corrected chi connectivity index (χ1v) is 11.6. The van der Waals surface area contributed by atoms with Gasteiger partial charge in [-0.05, 0) is 30.2 Å². The van der Waals surface area contributed by atoms with Gasteiger partial charge in [0.1, 0.15) is 5.01 Å². The second kappa shape index (κ2) is 11.5. The van der Waals surface area contributed by atoms with Crippen molar-refractivity contribution in [1.29, 1.82) is 0 Å². The third kappa shape index (κ3) is 7.11. The monoisotopic (exact) mass is 498 g/mol. The minimum Gasteiger partial charge on any atom is -0.339 e. The summed E-state index contributed by atoms with van der Waals surface area (Å²) < 4.78 is 0.952. The molecular formula is C23H23BrN4O2S. The molecule has 0 saturated carbocycles. The van der Waals surface area contributed by atoms with Crippen molar-refractivity contribution < 1.29 is 9.59 Å². The van der Waals surface area contributed by atoms with Crippen LogP contribution in [0.25, 0.3) is 16.6 Å². The number of anilines is 1. The minimum absolute atomic E-state index is 0.105. The SMILES string of the molecule is CCCN(CCC(=O)Nc1nnc(-c2cccc(Br)c2)s1)C(=O)/C=C/c1ccccc1. The van der Waals surface area contributed by atoms with Gasteiger partial charge in [0, 0.05) is 35.6 Å². The van der Waals surface area contributed by atoms with Crippen molar-refractivity contribution in [1.82, 2.24) is 15.1 Å². The van der Waals surface area contributed by atoms with E-state index in [4.69, 9.17) is 0 Å². The number of nitrogens with one attached hydrogen (secondary N) is 1. The smallest absolute Gasteiger partial charge is 0.246 e. The summed E-state index contributed by atoms with van der Waals surface area (Å²) in [5, 5.41) is 12.1. The summed E-state index contributed by atoms with van der Waals surface area (Å²) in [4.78, 5) is 26.6. The first-order valence-electron chi connectivity index (χ1n) is 9.96. The van der Waals surface area contributed by atoms with Gasteiger partial charge in [0.2, 0.25) is 16.9 Å². The summed E-state index contributed by atoms with van der Waals surface area (Å²) >= 11 is 4.75. The average molecular weight is 499 g/mol. The van der Waals surface area contributed by atoms with E-state index in [1.807, 2.05) is 61.5 Å². The molecule has 1 N–H and O–H groups in total. The van der Waals surface area contributed by atoms with E-state index in [9.17, 15) is 9.59 Å². The van der Waals surface area contributed by atoms with Gasteiger partial charge < -0.3 is 10.2 Å². The predicted molar refractivity (Wildman–Crippen MR) is 129 cm³/mol. The number of carbonyl (C=O) groups excluding carboxylic acids is 2. The van der Waals surface area contributed by atoms with Crippen LogP contribution in [0.4, 0.5) is 5.13 Å². The van der Waals surface area contributed by atoms with E-state index in [0.717, 1.165) is 27.0 Å². The Labute approximate surface area is 194 Å². The summed E-state index contributed by atoms with van der Waals surface area (Å²) in [6, 6.07) is 17.4. The molecule has 0 aliphatic heterocycles. The van der Waals surface area contributed by atoms with Crippen LogP contribution in [0.1, 0.15) is 25.3 Å². The van der Waals surface area contributed by atoms with Crippen molar-refractivity contribution in [2.24, 2.45) is 0 Å². The standard InChI is InChI=1S/C23H23BrN4O2S/c1-2-14-28(21(30)12-11-17-7-4-3-5-8-17)15-13-20(29)25-23-27-26-22(31-23)18-9-6-10-19(24)16-18/h3-12,16H,2,13-15H2,1H3,(H,25,27,29)/b12-11+. The Hall–Kier alpha value is -2.84. The molecule has 160 valence electrons. The Balaban J connectivity index is 1.54. The highest BCUT2D eigenvalue weighted by molar-refractivity contribution is 9.10. The summed E-state index contributed by atoms with van der Waals surface area (Å²) in [7, 11) is 0. The molecule has 3 rings (SSSR count). The number of halogens is 1. The molecule has 8 heteroatoms. The maximum atomic E-state index is 12.5. The van der Waals surface area contributed by atoms with Crippen molar-refractivity contribution in [2.75, 3.05) is 18.4 Å². The van der Waals surface area contributed by atoms with Crippen LogP contribution in [0.15, 0.2) is 65.1 Å². The zero-order chi connectivity index (χ0) is 22.1. The van der Waals surface area contributed by atoms with Crippen molar-refractivity contribution >= 4 is 50.3 Å². The van der Waals surface area contributed by atoms with Crippen LogP contribution < -0.4 is 5.32 Å². The van der Waals surface area contributed by atoms with Gasteiger partial charge in [0.05, 0.1) is 0 Å². The molecule has 0 aliphatic carbocycles. The van der Waals surface area contributed by atoms with Gasteiger partial charge in [-0.15, -0.1) is 10.2 Å². The van der Waals surface area contributed by atoms with Crippen LogP contribution >= 0.6 is 27.3 Å². The molecule has 0 atom stereocenters. The van der Waals surface area contributed by atoms with Crippen molar-refractivity contribution in [3.63, 3.8) is 0 Å². The highest BCUT2D eigenvalue weighted by Crippen LogP contribution is 2.28. The zero-order valence-electron chi connectivity index (χ0n) is 17.1. The number of benzene rings is 2. The summed E-state index contributed by atoms with van der Waals surface area (Å²) in [5.74, 6) is -0.302. The maximum absolute atomic E-state index is 12.5. The lowest BCUT2D eigenvalue weighted by Crippen LogP contribution is -2.33. The molecular weight excluding hydrogens is 476 g/mol. The number of hydrogen-bond acceptors (Lipinski definition) is 5. The lowest BCUT2D eigenvalue weighted by Gasteiger charge is -2.20. The summed E-state index contributed by atoms with van der Waals surface area (Å²) in [6.45, 7) is 2.94. The van der Waals surface area contributed by atoms with Crippen molar-refractivity contribution in [3.05, 3.63) is 70.7 Å². The fraction of sp³-hybridized carbons (Fsp3) is 0.217. The molecule has 0 radical (unpaired) electrons. The normalized spacial score (nSPS) is 10.9. The second-order valence-corrected chi connectivity index (χ2v) is 8.68. The molecule has 1 aromatic heterocycles. The summed E-state index contributed by atoms with van der Waals surface area (Å²) in [5.41, 5.74) is 1.89. The second-order valence-electron chi connectivity index (χ2n) is 6.79. The molecule has 0 unspecified atom stereocenters. The number of nitrogens with zero attached hydrogens (tertiary/aromatic N) is 3. The molecule has 0 bridgehead atoms. The van der Waals surface area contributed by atoms with E-state index in [-0.39, 0.29) is 18.2 Å². The Morgan fingerprint density at radius 1 is 1.10 bits per heavy atom. The number of rotatable bonds is 9. The van der Waals surface area contributed by atoms with Crippen LogP contribution in [0.2, 0.25) is 0 Å². The van der Waals surface area contributed by atoms with Gasteiger partial charge >= 0.3 is 0 Å². The van der Waals surface area contributed by atoms with Gasteiger partial charge in [-0.1, -0.05) is 76.7 Å². The largest absolute Gasteiger partial charge is 0.339 e. The number of carbonyl (C=O) groups is 2. The van der Waals surface area contributed by atoms with E-state index in [2.05, 4.69) is 31.4 Å². The number of hydrogen-bond donors (Lipinski definition) is 1. The van der Waals surface area contributed by atoms with Gasteiger partial charge in [-0.3, -0.25) is 9.59 Å². The maximum Gasteiger partial charge on any atom is 0.246 e. The molecule has 6 nitrogen and oxygen atoms in total. The summed E-state index contributed by atoms with van der Waals surface area (Å²) in [6.07, 6.45) is 4.35. The van der Waals surface area contributed by atoms with E-state index in [1.165, 1.54) is 11.3 Å². The quantitative estimate of drug-likeness (QED) is 0.408. The fourth-order valence-electron chi connectivity index (χ4n) is 2.87. The zero-order valence-corrected chi connectivity index (χ0v) is 19.5. The van der Waals surface area contributed by atoms with Crippen LogP contribution in [-0.4, -0.2) is 40.0 Å². The molecule has 2 amide bonds. The molecule has 0 saturated heterocycles. The van der Waals surface area contributed by atoms with Gasteiger partial charge in [-0.25, -0.2) is 0 Å². The average Bonchev–Trinajstić information content (AvgIpc) is 3.24.